The molecule has 0 spiro atoms. The summed E-state index contributed by atoms with van der Waals surface area (Å²) in [6, 6.07) is 5.36. The Morgan fingerprint density at radius 2 is 1.91 bits per heavy atom. The number of aryl methyl sites for hydroxylation is 1. The van der Waals surface area contributed by atoms with Crippen molar-refractivity contribution in [1.82, 2.24) is 29.8 Å². The average Bonchev–Trinajstić information content (AvgIpc) is 3.23. The van der Waals surface area contributed by atoms with Crippen molar-refractivity contribution in [3.8, 4) is 5.75 Å². The molecule has 11 nitrogen and oxygen atoms in total. The largest absolute Gasteiger partial charge is 0.415 e. The first-order valence-corrected chi connectivity index (χ1v) is 12.1. The van der Waals surface area contributed by atoms with E-state index >= 15 is 0 Å². The minimum Gasteiger partial charge on any atom is -0.410 e. The SMILES string of the molecule is Cc1nnc2c(NCCCCNC(=O)CC(C)C)nc3cc(OC(=O)N4CCOCC4)ccc3n12. The van der Waals surface area contributed by atoms with Gasteiger partial charge in [0.1, 0.15) is 11.6 Å². The van der Waals surface area contributed by atoms with Crippen molar-refractivity contribution in [2.75, 3.05) is 44.7 Å². The number of unbranched alkanes of at least 4 members (excludes halogenated alkanes) is 1. The Kier molecular flexibility index (Phi) is 7.96. The van der Waals surface area contributed by atoms with Crippen LogP contribution in [0.4, 0.5) is 10.6 Å². The van der Waals surface area contributed by atoms with Crippen LogP contribution in [0, 0.1) is 12.8 Å². The number of nitrogens with one attached hydrogen (secondary N) is 2. The van der Waals surface area contributed by atoms with Gasteiger partial charge in [0.25, 0.3) is 0 Å². The fourth-order valence-electron chi connectivity index (χ4n) is 3.98. The van der Waals surface area contributed by atoms with Gasteiger partial charge in [0, 0.05) is 38.7 Å². The zero-order valence-electron chi connectivity index (χ0n) is 20.5. The second-order valence-electron chi connectivity index (χ2n) is 9.07. The van der Waals surface area contributed by atoms with E-state index in [1.807, 2.05) is 31.2 Å². The summed E-state index contributed by atoms with van der Waals surface area (Å²) in [6.45, 7) is 9.32. The van der Waals surface area contributed by atoms with Gasteiger partial charge >= 0.3 is 6.09 Å². The molecule has 0 unspecified atom stereocenters. The first-order chi connectivity index (χ1) is 16.9. The van der Waals surface area contributed by atoms with Crippen molar-refractivity contribution < 1.29 is 19.1 Å². The second kappa shape index (κ2) is 11.3. The van der Waals surface area contributed by atoms with Gasteiger partial charge in [-0.3, -0.25) is 9.20 Å². The number of fused-ring (bicyclic) bond motifs is 3. The zero-order valence-corrected chi connectivity index (χ0v) is 20.5. The van der Waals surface area contributed by atoms with Crippen LogP contribution in [-0.4, -0.2) is 75.9 Å². The number of ether oxygens (including phenoxy) is 2. The Balaban J connectivity index is 1.43. The Labute approximate surface area is 204 Å². The minimum atomic E-state index is -0.395. The molecular weight excluding hydrogens is 450 g/mol. The van der Waals surface area contributed by atoms with Gasteiger partial charge in [-0.15, -0.1) is 10.2 Å². The summed E-state index contributed by atoms with van der Waals surface area (Å²) in [5.74, 6) is 2.22. The van der Waals surface area contributed by atoms with Crippen LogP contribution in [0.25, 0.3) is 16.7 Å². The molecule has 1 saturated heterocycles. The first kappa shape index (κ1) is 24.6. The molecule has 1 aliphatic rings. The van der Waals surface area contributed by atoms with Crippen LogP contribution in [0.2, 0.25) is 0 Å². The topological polar surface area (TPSA) is 123 Å². The fourth-order valence-corrected chi connectivity index (χ4v) is 3.98. The molecule has 3 aromatic rings. The summed E-state index contributed by atoms with van der Waals surface area (Å²) in [5, 5.41) is 14.8. The quantitative estimate of drug-likeness (QED) is 0.446. The third kappa shape index (κ3) is 6.16. The molecule has 2 amide bonds. The summed E-state index contributed by atoms with van der Waals surface area (Å²) in [5.41, 5.74) is 2.13. The van der Waals surface area contributed by atoms with Gasteiger partial charge in [0.2, 0.25) is 11.6 Å². The van der Waals surface area contributed by atoms with E-state index in [0.29, 0.717) is 74.5 Å². The smallest absolute Gasteiger partial charge is 0.410 e. The summed E-state index contributed by atoms with van der Waals surface area (Å²) in [7, 11) is 0. The van der Waals surface area contributed by atoms with Crippen LogP contribution in [0.5, 0.6) is 5.75 Å². The molecule has 1 aromatic carbocycles. The van der Waals surface area contributed by atoms with Gasteiger partial charge in [-0.05, 0) is 37.8 Å². The summed E-state index contributed by atoms with van der Waals surface area (Å²) in [6.07, 6.45) is 1.87. The molecule has 1 fully saturated rings. The highest BCUT2D eigenvalue weighted by Gasteiger charge is 2.20. The highest BCUT2D eigenvalue weighted by atomic mass is 16.6. The summed E-state index contributed by atoms with van der Waals surface area (Å²) >= 11 is 0. The van der Waals surface area contributed by atoms with Crippen LogP contribution in [0.15, 0.2) is 18.2 Å². The van der Waals surface area contributed by atoms with Crippen molar-refractivity contribution in [3.63, 3.8) is 0 Å². The number of carbonyl (C=O) groups is 2. The maximum atomic E-state index is 12.5. The van der Waals surface area contributed by atoms with Crippen LogP contribution in [0.3, 0.4) is 0 Å². The lowest BCUT2D eigenvalue weighted by Gasteiger charge is -2.25. The van der Waals surface area contributed by atoms with Crippen molar-refractivity contribution in [3.05, 3.63) is 24.0 Å². The molecule has 188 valence electrons. The highest BCUT2D eigenvalue weighted by molar-refractivity contribution is 5.84. The number of anilines is 1. The average molecular weight is 484 g/mol. The molecular formula is C24H33N7O4. The van der Waals surface area contributed by atoms with Gasteiger partial charge < -0.3 is 25.0 Å². The molecule has 4 rings (SSSR count). The van der Waals surface area contributed by atoms with E-state index in [-0.39, 0.29) is 5.91 Å². The molecule has 2 N–H and O–H groups in total. The van der Waals surface area contributed by atoms with E-state index in [0.717, 1.165) is 24.2 Å². The minimum absolute atomic E-state index is 0.0925. The van der Waals surface area contributed by atoms with Gasteiger partial charge in [-0.2, -0.15) is 0 Å². The predicted molar refractivity (Wildman–Crippen MR) is 132 cm³/mol. The third-order valence-electron chi connectivity index (χ3n) is 5.74. The van der Waals surface area contributed by atoms with E-state index in [2.05, 4.69) is 20.8 Å². The number of amides is 2. The van der Waals surface area contributed by atoms with Crippen molar-refractivity contribution in [2.45, 2.75) is 40.0 Å². The van der Waals surface area contributed by atoms with E-state index in [4.69, 9.17) is 14.5 Å². The summed E-state index contributed by atoms with van der Waals surface area (Å²) < 4.78 is 12.8. The van der Waals surface area contributed by atoms with Crippen LogP contribution < -0.4 is 15.4 Å². The number of carbonyl (C=O) groups excluding carboxylic acids is 2. The van der Waals surface area contributed by atoms with E-state index in [1.165, 1.54) is 0 Å². The molecule has 0 radical (unpaired) electrons. The Hall–Kier alpha value is -3.47. The normalized spacial score (nSPS) is 14.0. The van der Waals surface area contributed by atoms with E-state index < -0.39 is 6.09 Å². The molecule has 3 heterocycles. The fraction of sp³-hybridized carbons (Fsp3) is 0.542. The lowest BCUT2D eigenvalue weighted by Crippen LogP contribution is -2.42. The van der Waals surface area contributed by atoms with Crippen molar-refractivity contribution in [2.24, 2.45) is 5.92 Å². The molecule has 2 aromatic heterocycles. The number of rotatable bonds is 9. The van der Waals surface area contributed by atoms with E-state index in [1.54, 1.807) is 17.0 Å². The molecule has 0 aliphatic carbocycles. The molecule has 11 heteroatoms. The number of hydrogen-bond acceptors (Lipinski definition) is 8. The van der Waals surface area contributed by atoms with Crippen LogP contribution in [0.1, 0.15) is 38.9 Å². The van der Waals surface area contributed by atoms with Gasteiger partial charge in [-0.1, -0.05) is 13.8 Å². The zero-order chi connectivity index (χ0) is 24.8. The number of aromatic nitrogens is 4. The number of nitrogens with zero attached hydrogens (tertiary/aromatic N) is 5. The van der Waals surface area contributed by atoms with Gasteiger partial charge in [0.15, 0.2) is 5.82 Å². The number of morpholine rings is 1. The highest BCUT2D eigenvalue weighted by Crippen LogP contribution is 2.25. The van der Waals surface area contributed by atoms with Crippen molar-refractivity contribution in [1.29, 1.82) is 0 Å². The lowest BCUT2D eigenvalue weighted by molar-refractivity contribution is -0.121. The van der Waals surface area contributed by atoms with Crippen LogP contribution in [-0.2, 0) is 9.53 Å². The number of hydrogen-bond donors (Lipinski definition) is 2. The molecule has 0 bridgehead atoms. The molecule has 0 saturated carbocycles. The predicted octanol–water partition coefficient (Wildman–Crippen LogP) is 2.77. The second-order valence-corrected chi connectivity index (χ2v) is 9.07. The van der Waals surface area contributed by atoms with Gasteiger partial charge in [-0.25, -0.2) is 9.78 Å². The Morgan fingerprint density at radius 3 is 2.69 bits per heavy atom. The molecule has 0 atom stereocenters. The van der Waals surface area contributed by atoms with Crippen molar-refractivity contribution >= 4 is 34.5 Å². The number of benzene rings is 1. The Morgan fingerprint density at radius 1 is 1.14 bits per heavy atom. The monoisotopic (exact) mass is 483 g/mol. The third-order valence-corrected chi connectivity index (χ3v) is 5.74. The maximum Gasteiger partial charge on any atom is 0.415 e. The standard InChI is InChI=1S/C24H33N7O4/c1-16(2)14-21(32)25-8-4-5-9-26-22-23-29-28-17(3)31(23)20-7-6-18(15-19(20)27-22)35-24(33)30-10-12-34-13-11-30/h6-7,15-16H,4-5,8-14H2,1-3H3,(H,25,32)(H,26,27). The van der Waals surface area contributed by atoms with Gasteiger partial charge in [0.05, 0.1) is 24.2 Å². The lowest BCUT2D eigenvalue weighted by atomic mass is 10.1. The first-order valence-electron chi connectivity index (χ1n) is 12.1. The summed E-state index contributed by atoms with van der Waals surface area (Å²) in [4.78, 5) is 30.6. The maximum absolute atomic E-state index is 12.5. The molecule has 35 heavy (non-hydrogen) atoms. The van der Waals surface area contributed by atoms with Crippen LogP contribution >= 0.6 is 0 Å². The molecule has 1 aliphatic heterocycles. The Bertz CT molecular complexity index is 1190. The van der Waals surface area contributed by atoms with E-state index in [9.17, 15) is 9.59 Å².